The Kier molecular flexibility index (Phi) is 6.16. The van der Waals surface area contributed by atoms with Crippen LogP contribution in [0.2, 0.25) is 0 Å². The molecule has 0 N–H and O–H groups in total. The van der Waals surface area contributed by atoms with E-state index in [0.717, 1.165) is 10.7 Å². The second-order valence-corrected chi connectivity index (χ2v) is 7.12. The smallest absolute Gasteiger partial charge is 0.342 e. The van der Waals surface area contributed by atoms with Gasteiger partial charge in [-0.3, -0.25) is 4.79 Å². The third-order valence-corrected chi connectivity index (χ3v) is 4.75. The summed E-state index contributed by atoms with van der Waals surface area (Å²) in [7, 11) is 0. The van der Waals surface area contributed by atoms with Gasteiger partial charge < -0.3 is 9.47 Å². The Balaban J connectivity index is 1.68. The number of benzene rings is 2. The molecule has 0 spiro atoms. The first kappa shape index (κ1) is 19.7. The lowest BCUT2D eigenvalue weighted by Gasteiger charge is -2.14. The fourth-order valence-corrected chi connectivity index (χ4v) is 3.11. The van der Waals surface area contributed by atoms with Crippen molar-refractivity contribution in [3.63, 3.8) is 0 Å². The summed E-state index contributed by atoms with van der Waals surface area (Å²) < 4.78 is 24.0. The number of ketones is 1. The summed E-state index contributed by atoms with van der Waals surface area (Å²) >= 11 is 1.52. The highest BCUT2D eigenvalue weighted by atomic mass is 32.1. The summed E-state index contributed by atoms with van der Waals surface area (Å²) in [5.74, 6) is -1.18. The van der Waals surface area contributed by atoms with Crippen LogP contribution in [0.5, 0.6) is 5.75 Å². The molecule has 0 amide bonds. The van der Waals surface area contributed by atoms with E-state index in [2.05, 4.69) is 4.98 Å². The summed E-state index contributed by atoms with van der Waals surface area (Å²) in [6.45, 7) is 3.60. The number of nitrogens with zero attached hydrogens (tertiary/aromatic N) is 1. The lowest BCUT2D eigenvalue weighted by molar-refractivity contribution is 0.0314. The fourth-order valence-electron chi connectivity index (χ4n) is 2.51. The van der Waals surface area contributed by atoms with Gasteiger partial charge in [-0.1, -0.05) is 12.1 Å². The first-order chi connectivity index (χ1) is 13.4. The fraction of sp³-hybridized carbons (Fsp3) is 0.190. The molecular formula is C21H18FNO4S. The highest BCUT2D eigenvalue weighted by molar-refractivity contribution is 7.09. The molecule has 0 aliphatic heterocycles. The van der Waals surface area contributed by atoms with Crippen LogP contribution in [-0.4, -0.2) is 22.8 Å². The third-order valence-electron chi connectivity index (χ3n) is 3.93. The maximum atomic E-state index is 13.0. The highest BCUT2D eigenvalue weighted by Gasteiger charge is 2.22. The summed E-state index contributed by atoms with van der Waals surface area (Å²) in [4.78, 5) is 29.3. The van der Waals surface area contributed by atoms with Crippen molar-refractivity contribution >= 4 is 23.1 Å². The van der Waals surface area contributed by atoms with Gasteiger partial charge in [0.15, 0.2) is 6.10 Å². The summed E-state index contributed by atoms with van der Waals surface area (Å²) in [5, 5.41) is 2.82. The lowest BCUT2D eigenvalue weighted by atomic mass is 10.1. The van der Waals surface area contributed by atoms with Crippen molar-refractivity contribution in [2.75, 3.05) is 0 Å². The zero-order valence-corrected chi connectivity index (χ0v) is 16.2. The summed E-state index contributed by atoms with van der Waals surface area (Å²) in [6.07, 6.45) is -1.02. The first-order valence-electron chi connectivity index (χ1n) is 8.57. The molecule has 0 fully saturated rings. The van der Waals surface area contributed by atoms with Crippen LogP contribution in [0.15, 0.2) is 53.9 Å². The van der Waals surface area contributed by atoms with Crippen LogP contribution in [0.1, 0.15) is 38.3 Å². The van der Waals surface area contributed by atoms with E-state index in [4.69, 9.17) is 9.47 Å². The van der Waals surface area contributed by atoms with Gasteiger partial charge in [-0.2, -0.15) is 0 Å². The Hall–Kier alpha value is -3.06. The Bertz CT molecular complexity index is 984. The Morgan fingerprint density at radius 3 is 2.54 bits per heavy atom. The van der Waals surface area contributed by atoms with E-state index in [9.17, 15) is 14.0 Å². The van der Waals surface area contributed by atoms with Gasteiger partial charge in [0.2, 0.25) is 5.78 Å². The number of Topliss-reactive ketones (excluding diaryl/α,β-unsaturated/α-hetero) is 1. The molecule has 0 saturated heterocycles. The molecule has 144 valence electrons. The maximum Gasteiger partial charge on any atom is 0.342 e. The average Bonchev–Trinajstić information content (AvgIpc) is 3.11. The van der Waals surface area contributed by atoms with Gasteiger partial charge in [-0.05, 0) is 50.2 Å². The SMILES string of the molecule is Cc1nc(COc2ccccc2C(=O)O[C@H](C)C(=O)c2ccc(F)cc2)cs1. The molecule has 1 aromatic heterocycles. The predicted octanol–water partition coefficient (Wildman–Crippen LogP) is 4.60. The number of aryl methyl sites for hydroxylation is 1. The van der Waals surface area contributed by atoms with Crippen LogP contribution in [0.3, 0.4) is 0 Å². The second-order valence-electron chi connectivity index (χ2n) is 6.06. The van der Waals surface area contributed by atoms with Gasteiger partial charge >= 0.3 is 5.97 Å². The van der Waals surface area contributed by atoms with Crippen LogP contribution in [0.4, 0.5) is 4.39 Å². The molecule has 0 aliphatic carbocycles. The molecular weight excluding hydrogens is 381 g/mol. The highest BCUT2D eigenvalue weighted by Crippen LogP contribution is 2.22. The van der Waals surface area contributed by atoms with E-state index in [1.54, 1.807) is 24.3 Å². The quantitative estimate of drug-likeness (QED) is 0.429. The van der Waals surface area contributed by atoms with Crippen LogP contribution in [0.25, 0.3) is 0 Å². The molecule has 0 aliphatic rings. The Morgan fingerprint density at radius 1 is 1.14 bits per heavy atom. The van der Waals surface area contributed by atoms with Crippen molar-refractivity contribution in [3.8, 4) is 5.75 Å². The molecule has 5 nitrogen and oxygen atoms in total. The number of hydrogen-bond donors (Lipinski definition) is 0. The topological polar surface area (TPSA) is 65.5 Å². The van der Waals surface area contributed by atoms with Gasteiger partial charge in [-0.25, -0.2) is 14.2 Å². The number of aromatic nitrogens is 1. The number of rotatable bonds is 7. The molecule has 3 rings (SSSR count). The summed E-state index contributed by atoms with van der Waals surface area (Å²) in [5.41, 5.74) is 1.25. The Morgan fingerprint density at radius 2 is 1.86 bits per heavy atom. The molecule has 0 radical (unpaired) electrons. The number of para-hydroxylation sites is 1. The minimum atomic E-state index is -1.02. The van der Waals surface area contributed by atoms with Gasteiger partial charge in [-0.15, -0.1) is 11.3 Å². The van der Waals surface area contributed by atoms with Gasteiger partial charge in [0, 0.05) is 10.9 Å². The van der Waals surface area contributed by atoms with Crippen molar-refractivity contribution in [2.24, 2.45) is 0 Å². The van der Waals surface area contributed by atoms with E-state index in [-0.39, 0.29) is 17.7 Å². The van der Waals surface area contributed by atoms with E-state index in [1.807, 2.05) is 12.3 Å². The zero-order chi connectivity index (χ0) is 20.1. The van der Waals surface area contributed by atoms with E-state index in [0.29, 0.717) is 5.75 Å². The van der Waals surface area contributed by atoms with Crippen LogP contribution < -0.4 is 4.74 Å². The predicted molar refractivity (Wildman–Crippen MR) is 103 cm³/mol. The molecule has 0 unspecified atom stereocenters. The zero-order valence-electron chi connectivity index (χ0n) is 15.3. The molecule has 28 heavy (non-hydrogen) atoms. The van der Waals surface area contributed by atoms with Crippen molar-refractivity contribution in [1.29, 1.82) is 0 Å². The van der Waals surface area contributed by atoms with E-state index in [1.165, 1.54) is 42.5 Å². The molecule has 0 bridgehead atoms. The van der Waals surface area contributed by atoms with Crippen molar-refractivity contribution in [3.05, 3.63) is 81.6 Å². The van der Waals surface area contributed by atoms with Crippen LogP contribution in [-0.2, 0) is 11.3 Å². The minimum absolute atomic E-state index is 0.216. The number of ether oxygens (including phenoxy) is 2. The van der Waals surface area contributed by atoms with Crippen molar-refractivity contribution in [2.45, 2.75) is 26.6 Å². The monoisotopic (exact) mass is 399 g/mol. The molecule has 1 heterocycles. The molecule has 0 saturated carbocycles. The van der Waals surface area contributed by atoms with Crippen LogP contribution in [0, 0.1) is 12.7 Å². The van der Waals surface area contributed by atoms with Crippen molar-refractivity contribution in [1.82, 2.24) is 4.98 Å². The van der Waals surface area contributed by atoms with E-state index >= 15 is 0 Å². The summed E-state index contributed by atoms with van der Waals surface area (Å²) in [6, 6.07) is 11.7. The molecule has 7 heteroatoms. The average molecular weight is 399 g/mol. The normalized spacial score (nSPS) is 11.7. The number of carbonyl (C=O) groups is 2. The third kappa shape index (κ3) is 4.80. The van der Waals surface area contributed by atoms with Gasteiger partial charge in [0.05, 0.1) is 10.7 Å². The lowest BCUT2D eigenvalue weighted by Crippen LogP contribution is -2.24. The molecule has 2 aromatic carbocycles. The maximum absolute atomic E-state index is 13.0. The minimum Gasteiger partial charge on any atom is -0.486 e. The number of carbonyl (C=O) groups excluding carboxylic acids is 2. The first-order valence-corrected chi connectivity index (χ1v) is 9.45. The standard InChI is InChI=1S/C21H18FNO4S/c1-13(20(24)15-7-9-16(22)10-8-15)27-21(25)18-5-3-4-6-19(18)26-11-17-12-28-14(2)23-17/h3-10,12-13H,11H2,1-2H3/t13-/m1/s1. The van der Waals surface area contributed by atoms with Gasteiger partial charge in [0.1, 0.15) is 23.7 Å². The van der Waals surface area contributed by atoms with Gasteiger partial charge in [0.25, 0.3) is 0 Å². The molecule has 1 atom stereocenters. The van der Waals surface area contributed by atoms with E-state index < -0.39 is 23.7 Å². The number of hydrogen-bond acceptors (Lipinski definition) is 6. The second kappa shape index (κ2) is 8.75. The number of esters is 1. The van der Waals surface area contributed by atoms with Crippen LogP contribution >= 0.6 is 11.3 Å². The number of thiazole rings is 1. The largest absolute Gasteiger partial charge is 0.486 e. The Labute approximate surface area is 165 Å². The number of halogens is 1. The van der Waals surface area contributed by atoms with Crippen molar-refractivity contribution < 1.29 is 23.5 Å². The molecule has 3 aromatic rings.